The molecule has 1 spiro atoms. The molecule has 1 aliphatic carbocycles. The molecule has 1 aromatic heterocycles. The zero-order valence-corrected chi connectivity index (χ0v) is 20.3. The van der Waals surface area contributed by atoms with Crippen molar-refractivity contribution < 1.29 is 18.7 Å². The molecule has 0 bridgehead atoms. The second kappa shape index (κ2) is 9.49. The second-order valence-electron chi connectivity index (χ2n) is 9.01. The van der Waals surface area contributed by atoms with Crippen LogP contribution in [0.1, 0.15) is 24.8 Å². The van der Waals surface area contributed by atoms with Gasteiger partial charge in [0.15, 0.2) is 16.7 Å². The molecule has 2 aliphatic heterocycles. The van der Waals surface area contributed by atoms with Gasteiger partial charge in [-0.1, -0.05) is 6.57 Å². The van der Waals surface area contributed by atoms with Gasteiger partial charge in [-0.05, 0) is 62.2 Å². The second-order valence-corrected chi connectivity index (χ2v) is 9.37. The van der Waals surface area contributed by atoms with Gasteiger partial charge in [0.1, 0.15) is 18.3 Å². The van der Waals surface area contributed by atoms with E-state index in [1.807, 2.05) is 4.90 Å². The molecule has 0 unspecified atom stereocenters. The van der Waals surface area contributed by atoms with Crippen LogP contribution in [0.25, 0.3) is 4.85 Å². The minimum Gasteiger partial charge on any atom is -0.489 e. The van der Waals surface area contributed by atoms with Crippen molar-refractivity contribution in [2.75, 3.05) is 49.3 Å². The number of nitrogens with zero attached hydrogens (tertiary/aromatic N) is 5. The third kappa shape index (κ3) is 4.14. The number of thiocarbonyl (C=S) groups is 1. The van der Waals surface area contributed by atoms with Crippen LogP contribution in [0, 0.1) is 19.3 Å². The lowest BCUT2D eigenvalue weighted by atomic mass is 9.75. The van der Waals surface area contributed by atoms with Gasteiger partial charge in [-0.3, -0.25) is 14.6 Å². The summed E-state index contributed by atoms with van der Waals surface area (Å²) in [5.41, 5.74) is 1.03. The number of aryl methyl sites for hydroxylation is 1. The topological polar surface area (TPSA) is 62.5 Å². The first-order valence-corrected chi connectivity index (χ1v) is 12.1. The van der Waals surface area contributed by atoms with E-state index in [0.717, 1.165) is 19.5 Å². The van der Waals surface area contributed by atoms with E-state index in [0.29, 0.717) is 67.1 Å². The Balaban J connectivity index is 1.41. The summed E-state index contributed by atoms with van der Waals surface area (Å²) in [4.78, 5) is 26.8. The molecule has 3 aliphatic rings. The number of halogens is 1. The molecule has 3 heterocycles. The SMILES string of the molecule is [C-]#[N+]c1ncc(N2C(=O)C3(CCC3)N(c3ccc(F)c(OCCN4CCOCC4)c3)C2=S)cc1C. The molecule has 2 aromatic rings. The van der Waals surface area contributed by atoms with Crippen LogP contribution in [0.3, 0.4) is 0 Å². The number of ether oxygens (including phenoxy) is 2. The van der Waals surface area contributed by atoms with E-state index in [9.17, 15) is 9.18 Å². The molecule has 0 N–H and O–H groups in total. The molecule has 0 atom stereocenters. The van der Waals surface area contributed by atoms with Gasteiger partial charge < -0.3 is 19.2 Å². The minimum atomic E-state index is -0.799. The molecule has 2 saturated heterocycles. The van der Waals surface area contributed by atoms with E-state index in [1.165, 1.54) is 17.2 Å². The van der Waals surface area contributed by atoms with Crippen molar-refractivity contribution in [1.29, 1.82) is 0 Å². The predicted octanol–water partition coefficient (Wildman–Crippen LogP) is 3.85. The lowest BCUT2D eigenvalue weighted by Crippen LogP contribution is -2.55. The Morgan fingerprint density at radius 1 is 1.26 bits per heavy atom. The first-order chi connectivity index (χ1) is 16.9. The molecular formula is C25H26FN5O3S. The predicted molar refractivity (Wildman–Crippen MR) is 134 cm³/mol. The molecular weight excluding hydrogens is 469 g/mol. The standard InChI is InChI=1S/C25H26FN5O3S/c1-17-14-19(16-28-22(17)27-2)30-23(32)25(6-3-7-25)31(24(30)35)18-4-5-20(26)21(15-18)34-13-10-29-8-11-33-12-9-29/h4-5,14-16H,3,6-13H2,1H3. The number of pyridine rings is 1. The number of carbonyl (C=O) groups is 1. The molecule has 35 heavy (non-hydrogen) atoms. The van der Waals surface area contributed by atoms with Crippen molar-refractivity contribution in [3.05, 3.63) is 53.3 Å². The molecule has 0 radical (unpaired) electrons. The highest BCUT2D eigenvalue weighted by molar-refractivity contribution is 7.81. The molecule has 1 amide bonds. The number of benzene rings is 1. The first-order valence-electron chi connectivity index (χ1n) is 11.7. The van der Waals surface area contributed by atoms with E-state index in [1.54, 1.807) is 25.1 Å². The maximum absolute atomic E-state index is 14.6. The van der Waals surface area contributed by atoms with Crippen molar-refractivity contribution in [3.63, 3.8) is 0 Å². The fraction of sp³-hybridized carbons (Fsp3) is 0.440. The summed E-state index contributed by atoms with van der Waals surface area (Å²) in [5.74, 6) is -0.150. The number of hydrogen-bond donors (Lipinski definition) is 0. The summed E-state index contributed by atoms with van der Waals surface area (Å²) >= 11 is 5.80. The lowest BCUT2D eigenvalue weighted by Gasteiger charge is -2.43. The number of aromatic nitrogens is 1. The van der Waals surface area contributed by atoms with Crippen LogP contribution in [0.15, 0.2) is 30.5 Å². The van der Waals surface area contributed by atoms with Gasteiger partial charge in [-0.2, -0.15) is 0 Å². The Labute approximate surface area is 209 Å². The Morgan fingerprint density at radius 2 is 2.03 bits per heavy atom. The summed E-state index contributed by atoms with van der Waals surface area (Å²) in [6, 6.07) is 6.38. The van der Waals surface area contributed by atoms with Crippen molar-refractivity contribution in [2.45, 2.75) is 31.7 Å². The Hall–Kier alpha value is -3.13. The zero-order valence-electron chi connectivity index (χ0n) is 19.5. The van der Waals surface area contributed by atoms with Crippen molar-refractivity contribution in [2.24, 2.45) is 0 Å². The maximum Gasteiger partial charge on any atom is 0.272 e. The number of rotatable bonds is 6. The van der Waals surface area contributed by atoms with Gasteiger partial charge in [0.05, 0.1) is 18.9 Å². The number of anilines is 2. The zero-order chi connectivity index (χ0) is 24.6. The van der Waals surface area contributed by atoms with E-state index in [2.05, 4.69) is 14.7 Å². The van der Waals surface area contributed by atoms with Crippen LogP contribution in [-0.2, 0) is 9.53 Å². The highest BCUT2D eigenvalue weighted by Crippen LogP contribution is 2.48. The third-order valence-electron chi connectivity index (χ3n) is 6.93. The fourth-order valence-electron chi connectivity index (χ4n) is 4.85. The summed E-state index contributed by atoms with van der Waals surface area (Å²) in [6.45, 7) is 13.1. The Kier molecular flexibility index (Phi) is 6.40. The first kappa shape index (κ1) is 23.6. The molecule has 182 valence electrons. The highest BCUT2D eigenvalue weighted by Gasteiger charge is 2.59. The lowest BCUT2D eigenvalue weighted by molar-refractivity contribution is -0.123. The smallest absolute Gasteiger partial charge is 0.272 e. The number of amides is 1. The van der Waals surface area contributed by atoms with Gasteiger partial charge in [-0.15, -0.1) is 4.98 Å². The van der Waals surface area contributed by atoms with Crippen LogP contribution in [0.2, 0.25) is 0 Å². The van der Waals surface area contributed by atoms with Crippen molar-refractivity contribution >= 4 is 40.4 Å². The highest BCUT2D eigenvalue weighted by atomic mass is 32.1. The van der Waals surface area contributed by atoms with Crippen molar-refractivity contribution in [1.82, 2.24) is 9.88 Å². The monoisotopic (exact) mass is 495 g/mol. The molecule has 8 nitrogen and oxygen atoms in total. The number of hydrogen-bond acceptors (Lipinski definition) is 6. The normalized spacial score (nSPS) is 19.7. The summed E-state index contributed by atoms with van der Waals surface area (Å²) in [5, 5.41) is 0.317. The quantitative estimate of drug-likeness (QED) is 0.446. The van der Waals surface area contributed by atoms with E-state index in [4.69, 9.17) is 28.3 Å². The summed E-state index contributed by atoms with van der Waals surface area (Å²) in [6.07, 6.45) is 3.71. The molecule has 1 aromatic carbocycles. The maximum atomic E-state index is 14.6. The average molecular weight is 496 g/mol. The van der Waals surface area contributed by atoms with Crippen LogP contribution >= 0.6 is 12.2 Å². The van der Waals surface area contributed by atoms with Crippen LogP contribution in [0.4, 0.5) is 21.6 Å². The van der Waals surface area contributed by atoms with Crippen LogP contribution in [-0.4, -0.2) is 65.9 Å². The molecule has 1 saturated carbocycles. The van der Waals surface area contributed by atoms with E-state index >= 15 is 0 Å². The number of morpholine rings is 1. The number of carbonyl (C=O) groups excluding carboxylic acids is 1. The molecule has 10 heteroatoms. The summed E-state index contributed by atoms with van der Waals surface area (Å²) < 4.78 is 25.8. The molecule has 3 fully saturated rings. The largest absolute Gasteiger partial charge is 0.489 e. The fourth-order valence-corrected chi connectivity index (χ4v) is 5.32. The van der Waals surface area contributed by atoms with E-state index < -0.39 is 11.4 Å². The van der Waals surface area contributed by atoms with Gasteiger partial charge in [-0.25, -0.2) is 4.39 Å². The Bertz CT molecular complexity index is 1210. The van der Waals surface area contributed by atoms with Gasteiger partial charge in [0, 0.05) is 31.4 Å². The average Bonchev–Trinajstić information content (AvgIpc) is 3.07. The molecule has 5 rings (SSSR count). The van der Waals surface area contributed by atoms with Gasteiger partial charge in [0.25, 0.3) is 11.7 Å². The van der Waals surface area contributed by atoms with Crippen molar-refractivity contribution in [3.8, 4) is 5.75 Å². The summed E-state index contributed by atoms with van der Waals surface area (Å²) in [7, 11) is 0. The minimum absolute atomic E-state index is 0.121. The van der Waals surface area contributed by atoms with Crippen LogP contribution in [0.5, 0.6) is 5.75 Å². The third-order valence-corrected chi connectivity index (χ3v) is 7.30. The Morgan fingerprint density at radius 3 is 2.69 bits per heavy atom. The van der Waals surface area contributed by atoms with E-state index in [-0.39, 0.29) is 11.7 Å². The van der Waals surface area contributed by atoms with Crippen LogP contribution < -0.4 is 14.5 Å². The van der Waals surface area contributed by atoms with Gasteiger partial charge in [0.2, 0.25) is 0 Å². The van der Waals surface area contributed by atoms with Gasteiger partial charge >= 0.3 is 0 Å².